The van der Waals surface area contributed by atoms with Gasteiger partial charge in [-0.15, -0.1) is 0 Å². The fourth-order valence-corrected chi connectivity index (χ4v) is 1.38. The van der Waals surface area contributed by atoms with Crippen LogP contribution in [0.5, 0.6) is 5.75 Å². The number of nitrogens with one attached hydrogen (secondary N) is 2. The smallest absolute Gasteiger partial charge is 0.263 e. The summed E-state index contributed by atoms with van der Waals surface area (Å²) in [6, 6.07) is 9.07. The van der Waals surface area contributed by atoms with Crippen LogP contribution in [0.4, 0.5) is 5.69 Å². The maximum atomic E-state index is 11.7. The van der Waals surface area contributed by atoms with Crippen molar-refractivity contribution in [2.24, 2.45) is 5.92 Å². The van der Waals surface area contributed by atoms with E-state index in [9.17, 15) is 4.79 Å². The minimum atomic E-state index is -0.373. The summed E-state index contributed by atoms with van der Waals surface area (Å²) in [5.41, 5.74) is 0.816. The first-order chi connectivity index (χ1) is 9.56. The summed E-state index contributed by atoms with van der Waals surface area (Å²) in [5, 5.41) is 14.6. The fourth-order valence-electron chi connectivity index (χ4n) is 1.38. The van der Waals surface area contributed by atoms with Gasteiger partial charge in [-0.25, -0.2) is 0 Å². The standard InChI is InChI=1S/C15H19N3O2/c1-11(2)9-18-15(19)12(8-16)10-17-13-4-6-14(20-3)7-5-13/h4-7,10-11,17H,9H2,1-3H3,(H,18,19)/b12-10-. The Morgan fingerprint density at radius 3 is 2.55 bits per heavy atom. The highest BCUT2D eigenvalue weighted by Gasteiger charge is 2.08. The van der Waals surface area contributed by atoms with Crippen molar-refractivity contribution < 1.29 is 9.53 Å². The molecule has 0 radical (unpaired) electrons. The number of carbonyl (C=O) groups excluding carboxylic acids is 1. The van der Waals surface area contributed by atoms with Crippen LogP contribution in [0.25, 0.3) is 0 Å². The lowest BCUT2D eigenvalue weighted by Crippen LogP contribution is -2.28. The zero-order chi connectivity index (χ0) is 15.0. The van der Waals surface area contributed by atoms with E-state index in [-0.39, 0.29) is 11.5 Å². The van der Waals surface area contributed by atoms with Crippen LogP contribution in [0.2, 0.25) is 0 Å². The van der Waals surface area contributed by atoms with Gasteiger partial charge in [-0.1, -0.05) is 13.8 Å². The van der Waals surface area contributed by atoms with E-state index in [2.05, 4.69) is 10.6 Å². The first-order valence-corrected chi connectivity index (χ1v) is 6.36. The van der Waals surface area contributed by atoms with E-state index in [0.29, 0.717) is 12.5 Å². The maximum absolute atomic E-state index is 11.7. The van der Waals surface area contributed by atoms with E-state index in [1.54, 1.807) is 31.4 Å². The molecule has 0 aliphatic rings. The molecule has 1 aromatic carbocycles. The molecule has 0 spiro atoms. The predicted octanol–water partition coefficient (Wildman–Crippen LogP) is 2.29. The summed E-state index contributed by atoms with van der Waals surface area (Å²) in [6.45, 7) is 4.53. The number of methoxy groups -OCH3 is 1. The Kier molecular flexibility index (Phi) is 6.11. The molecule has 1 rings (SSSR count). The highest BCUT2D eigenvalue weighted by molar-refractivity contribution is 5.97. The van der Waals surface area contributed by atoms with Gasteiger partial charge >= 0.3 is 0 Å². The molecular weight excluding hydrogens is 254 g/mol. The van der Waals surface area contributed by atoms with Crippen molar-refractivity contribution >= 4 is 11.6 Å². The summed E-state index contributed by atoms with van der Waals surface area (Å²) in [5.74, 6) is 0.713. The molecular formula is C15H19N3O2. The van der Waals surface area contributed by atoms with Gasteiger partial charge in [-0.05, 0) is 30.2 Å². The lowest BCUT2D eigenvalue weighted by molar-refractivity contribution is -0.117. The van der Waals surface area contributed by atoms with Crippen molar-refractivity contribution in [1.82, 2.24) is 5.32 Å². The minimum absolute atomic E-state index is 0.0430. The Labute approximate surface area is 119 Å². The van der Waals surface area contributed by atoms with Crippen molar-refractivity contribution in [1.29, 1.82) is 5.26 Å². The number of carbonyl (C=O) groups is 1. The average Bonchev–Trinajstić information content (AvgIpc) is 2.46. The molecule has 0 aromatic heterocycles. The Morgan fingerprint density at radius 2 is 2.05 bits per heavy atom. The second kappa shape index (κ2) is 7.85. The number of nitriles is 1. The van der Waals surface area contributed by atoms with Gasteiger partial charge in [0.1, 0.15) is 17.4 Å². The zero-order valence-electron chi connectivity index (χ0n) is 11.9. The molecule has 1 amide bonds. The summed E-state index contributed by atoms with van der Waals surface area (Å²) >= 11 is 0. The maximum Gasteiger partial charge on any atom is 0.263 e. The first kappa shape index (κ1) is 15.6. The van der Waals surface area contributed by atoms with Crippen molar-refractivity contribution in [3.05, 3.63) is 36.0 Å². The molecule has 0 bridgehead atoms. The van der Waals surface area contributed by atoms with Crippen LogP contribution in [-0.4, -0.2) is 19.6 Å². The minimum Gasteiger partial charge on any atom is -0.497 e. The highest BCUT2D eigenvalue weighted by Crippen LogP contribution is 2.15. The average molecular weight is 273 g/mol. The number of nitrogens with zero attached hydrogens (tertiary/aromatic N) is 1. The van der Waals surface area contributed by atoms with Crippen molar-refractivity contribution in [3.8, 4) is 11.8 Å². The van der Waals surface area contributed by atoms with Gasteiger partial charge in [0, 0.05) is 18.4 Å². The molecule has 0 aliphatic carbocycles. The largest absolute Gasteiger partial charge is 0.497 e. The molecule has 0 fully saturated rings. The SMILES string of the molecule is COc1ccc(N/C=C(/C#N)C(=O)NCC(C)C)cc1. The lowest BCUT2D eigenvalue weighted by atomic mass is 10.2. The number of ether oxygens (including phenoxy) is 1. The number of hydrogen-bond donors (Lipinski definition) is 2. The Morgan fingerprint density at radius 1 is 1.40 bits per heavy atom. The molecule has 5 nitrogen and oxygen atoms in total. The normalized spacial score (nSPS) is 10.8. The summed E-state index contributed by atoms with van der Waals surface area (Å²) in [4.78, 5) is 11.7. The van der Waals surface area contributed by atoms with Crippen LogP contribution in [0.3, 0.4) is 0 Å². The van der Waals surface area contributed by atoms with Crippen LogP contribution in [0.15, 0.2) is 36.0 Å². The first-order valence-electron chi connectivity index (χ1n) is 6.36. The van der Waals surface area contributed by atoms with E-state index >= 15 is 0 Å². The molecule has 2 N–H and O–H groups in total. The second-order valence-electron chi connectivity index (χ2n) is 4.65. The summed E-state index contributed by atoms with van der Waals surface area (Å²) in [7, 11) is 1.59. The second-order valence-corrected chi connectivity index (χ2v) is 4.65. The van der Waals surface area contributed by atoms with E-state index in [1.807, 2.05) is 19.9 Å². The van der Waals surface area contributed by atoms with Crippen LogP contribution >= 0.6 is 0 Å². The molecule has 1 aromatic rings. The Balaban J connectivity index is 2.65. The van der Waals surface area contributed by atoms with E-state index in [0.717, 1.165) is 11.4 Å². The fraction of sp³-hybridized carbons (Fsp3) is 0.333. The van der Waals surface area contributed by atoms with Crippen LogP contribution in [-0.2, 0) is 4.79 Å². The van der Waals surface area contributed by atoms with Gasteiger partial charge in [-0.2, -0.15) is 5.26 Å². The summed E-state index contributed by atoms with van der Waals surface area (Å²) < 4.78 is 5.05. The van der Waals surface area contributed by atoms with Gasteiger partial charge in [-0.3, -0.25) is 4.79 Å². The molecule has 20 heavy (non-hydrogen) atoms. The zero-order valence-corrected chi connectivity index (χ0v) is 11.9. The number of amides is 1. The number of anilines is 1. The van der Waals surface area contributed by atoms with Crippen LogP contribution < -0.4 is 15.4 Å². The summed E-state index contributed by atoms with van der Waals surface area (Å²) in [6.07, 6.45) is 1.40. The molecule has 106 valence electrons. The third kappa shape index (κ3) is 5.02. The van der Waals surface area contributed by atoms with E-state index in [1.165, 1.54) is 6.20 Å². The molecule has 0 saturated carbocycles. The number of hydrogen-bond acceptors (Lipinski definition) is 4. The molecule has 0 atom stereocenters. The topological polar surface area (TPSA) is 74.1 Å². The van der Waals surface area contributed by atoms with Gasteiger partial charge < -0.3 is 15.4 Å². The Hall–Kier alpha value is -2.48. The lowest BCUT2D eigenvalue weighted by Gasteiger charge is -2.07. The Bertz CT molecular complexity index is 513. The van der Waals surface area contributed by atoms with Crippen molar-refractivity contribution in [2.45, 2.75) is 13.8 Å². The molecule has 0 unspecified atom stereocenters. The van der Waals surface area contributed by atoms with Crippen LogP contribution in [0, 0.1) is 17.2 Å². The monoisotopic (exact) mass is 273 g/mol. The molecule has 0 saturated heterocycles. The van der Waals surface area contributed by atoms with Gasteiger partial charge in [0.25, 0.3) is 5.91 Å². The van der Waals surface area contributed by atoms with Crippen molar-refractivity contribution in [3.63, 3.8) is 0 Å². The third-order valence-corrected chi connectivity index (χ3v) is 2.51. The third-order valence-electron chi connectivity index (χ3n) is 2.51. The van der Waals surface area contributed by atoms with Gasteiger partial charge in [0.2, 0.25) is 0 Å². The van der Waals surface area contributed by atoms with E-state index < -0.39 is 0 Å². The van der Waals surface area contributed by atoms with Crippen LogP contribution in [0.1, 0.15) is 13.8 Å². The molecule has 0 aliphatic heterocycles. The quantitative estimate of drug-likeness (QED) is 0.616. The van der Waals surface area contributed by atoms with Gasteiger partial charge in [0.05, 0.1) is 7.11 Å². The highest BCUT2D eigenvalue weighted by atomic mass is 16.5. The number of benzene rings is 1. The predicted molar refractivity (Wildman–Crippen MR) is 78.2 cm³/mol. The van der Waals surface area contributed by atoms with E-state index in [4.69, 9.17) is 10.00 Å². The molecule has 0 heterocycles. The molecule has 5 heteroatoms. The van der Waals surface area contributed by atoms with Crippen molar-refractivity contribution in [2.75, 3.05) is 19.0 Å². The number of rotatable bonds is 6. The van der Waals surface area contributed by atoms with Gasteiger partial charge in [0.15, 0.2) is 0 Å².